The molecule has 0 fully saturated rings. The normalized spacial score (nSPS) is 13.9. The third-order valence-electron chi connectivity index (χ3n) is 2.71. The van der Waals surface area contributed by atoms with Crippen LogP contribution < -0.4 is 0 Å². The van der Waals surface area contributed by atoms with Gasteiger partial charge in [-0.05, 0) is 42.7 Å². The van der Waals surface area contributed by atoms with E-state index in [0.717, 1.165) is 11.0 Å². The fraction of sp³-hybridized carbons (Fsp3) is 0.133. The molecule has 1 aliphatic heterocycles. The van der Waals surface area contributed by atoms with Gasteiger partial charge in [0.2, 0.25) is 7.28 Å². The number of hydrogen-bond donors (Lipinski definition) is 0. The van der Waals surface area contributed by atoms with Crippen LogP contribution in [0, 0.1) is 6.92 Å². The van der Waals surface area contributed by atoms with Gasteiger partial charge in [0, 0.05) is 6.20 Å². The van der Waals surface area contributed by atoms with E-state index in [4.69, 9.17) is 0 Å². The van der Waals surface area contributed by atoms with Gasteiger partial charge in [-0.1, -0.05) is 41.9 Å². The van der Waals surface area contributed by atoms with Crippen LogP contribution in [0.15, 0.2) is 47.6 Å². The van der Waals surface area contributed by atoms with Crippen LogP contribution in [-0.2, 0) is 0 Å². The second-order valence-electron chi connectivity index (χ2n) is 4.30. The van der Waals surface area contributed by atoms with Crippen molar-refractivity contribution >= 4 is 24.9 Å². The molecule has 0 N–H and O–H groups in total. The van der Waals surface area contributed by atoms with E-state index in [1.165, 1.54) is 16.7 Å². The van der Waals surface area contributed by atoms with E-state index >= 15 is 0 Å². The molecule has 2 heteroatoms. The van der Waals surface area contributed by atoms with E-state index in [0.29, 0.717) is 0 Å². The summed E-state index contributed by atoms with van der Waals surface area (Å²) < 4.78 is 0. The van der Waals surface area contributed by atoms with Gasteiger partial charge in [-0.25, -0.2) is 0 Å². The predicted octanol–water partition coefficient (Wildman–Crippen LogP) is 3.63. The van der Waals surface area contributed by atoms with Crippen LogP contribution in [0.1, 0.15) is 23.6 Å². The molecule has 2 rings (SSSR count). The van der Waals surface area contributed by atoms with Crippen LogP contribution in [0.3, 0.4) is 0 Å². The van der Waals surface area contributed by atoms with Crippen molar-refractivity contribution in [2.45, 2.75) is 13.8 Å². The molecular weight excluding hydrogens is 205 g/mol. The summed E-state index contributed by atoms with van der Waals surface area (Å²) >= 11 is 0. The summed E-state index contributed by atoms with van der Waals surface area (Å²) in [6.45, 7) is 7.99. The fourth-order valence-corrected chi connectivity index (χ4v) is 1.69. The average molecular weight is 220 g/mol. The molecule has 0 spiro atoms. The summed E-state index contributed by atoms with van der Waals surface area (Å²) in [6, 6.07) is 6.46. The van der Waals surface area contributed by atoms with Gasteiger partial charge < -0.3 is 0 Å². The fourth-order valence-electron chi connectivity index (χ4n) is 1.69. The lowest BCUT2D eigenvalue weighted by molar-refractivity contribution is 1.42. The van der Waals surface area contributed by atoms with E-state index in [9.17, 15) is 0 Å². The summed E-state index contributed by atoms with van der Waals surface area (Å²) in [7, 11) is 2.02. The molecule has 0 bridgehead atoms. The molecule has 1 heterocycles. The quantitative estimate of drug-likeness (QED) is 0.544. The lowest BCUT2D eigenvalue weighted by atomic mass is 9.70. The molecule has 83 valence electrons. The summed E-state index contributed by atoms with van der Waals surface area (Å²) in [5.41, 5.74) is 5.92. The zero-order valence-electron chi connectivity index (χ0n) is 10.3. The number of allylic oxidation sites excluding steroid dienone is 2. The minimum Gasteiger partial charge on any atom is -0.280 e. The largest absolute Gasteiger partial charge is 0.280 e. The van der Waals surface area contributed by atoms with Crippen molar-refractivity contribution in [3.05, 3.63) is 59.3 Å². The maximum Gasteiger partial charge on any atom is 0.209 e. The average Bonchev–Trinajstić information content (AvgIpc) is 2.81. The standard InChI is InChI=1S/C15H15BN/c1-11(2)4-6-13-8-14(7-5-12(13)3)15-9-17-10-16-15/h4-10H,1H2,2-3H3/b6-4-. The third-order valence-corrected chi connectivity index (χ3v) is 2.71. The molecule has 0 saturated heterocycles. The molecular formula is C15H15BN. The Kier molecular flexibility index (Phi) is 3.43. The first kappa shape index (κ1) is 11.7. The number of aliphatic imine (C=N–C) groups is 1. The van der Waals surface area contributed by atoms with Gasteiger partial charge in [0.25, 0.3) is 0 Å². The van der Waals surface area contributed by atoms with Crippen LogP contribution in [0.25, 0.3) is 11.5 Å². The van der Waals surface area contributed by atoms with E-state index in [1.54, 1.807) is 0 Å². The zero-order chi connectivity index (χ0) is 12.3. The topological polar surface area (TPSA) is 12.4 Å². The van der Waals surface area contributed by atoms with Crippen molar-refractivity contribution in [3.63, 3.8) is 0 Å². The molecule has 0 saturated carbocycles. The second-order valence-corrected chi connectivity index (χ2v) is 4.30. The molecule has 0 unspecified atom stereocenters. The van der Waals surface area contributed by atoms with Crippen molar-refractivity contribution in [1.82, 2.24) is 0 Å². The lowest BCUT2D eigenvalue weighted by Crippen LogP contribution is -1.94. The lowest BCUT2D eigenvalue weighted by Gasteiger charge is -2.06. The van der Waals surface area contributed by atoms with Gasteiger partial charge in [0.15, 0.2) is 0 Å². The van der Waals surface area contributed by atoms with Gasteiger partial charge in [-0.3, -0.25) is 4.99 Å². The van der Waals surface area contributed by atoms with Crippen LogP contribution in [0.2, 0.25) is 0 Å². The van der Waals surface area contributed by atoms with Gasteiger partial charge in [0.05, 0.1) is 0 Å². The Morgan fingerprint density at radius 1 is 1.41 bits per heavy atom. The predicted molar refractivity (Wildman–Crippen MR) is 77.3 cm³/mol. The summed E-state index contributed by atoms with van der Waals surface area (Å²) in [6.07, 6.45) is 7.85. The second kappa shape index (κ2) is 5.00. The highest BCUT2D eigenvalue weighted by molar-refractivity contribution is 6.85. The Balaban J connectivity index is 2.32. The van der Waals surface area contributed by atoms with Crippen molar-refractivity contribution in [2.24, 2.45) is 4.99 Å². The number of rotatable bonds is 3. The van der Waals surface area contributed by atoms with Gasteiger partial charge >= 0.3 is 0 Å². The monoisotopic (exact) mass is 220 g/mol. The van der Waals surface area contributed by atoms with Crippen molar-refractivity contribution in [1.29, 1.82) is 0 Å². The number of benzene rings is 1. The first-order chi connectivity index (χ1) is 8.16. The molecule has 1 aliphatic rings. The Morgan fingerprint density at radius 2 is 2.24 bits per heavy atom. The Bertz CT molecular complexity index is 536. The maximum atomic E-state index is 4.09. The Morgan fingerprint density at radius 3 is 2.88 bits per heavy atom. The highest BCUT2D eigenvalue weighted by Gasteiger charge is 2.06. The van der Waals surface area contributed by atoms with E-state index in [1.807, 2.05) is 32.6 Å². The van der Waals surface area contributed by atoms with Gasteiger partial charge in [-0.15, -0.1) is 0 Å². The van der Waals surface area contributed by atoms with Crippen molar-refractivity contribution in [2.75, 3.05) is 0 Å². The number of nitrogens with zero attached hydrogens (tertiary/aromatic N) is 1. The van der Waals surface area contributed by atoms with Gasteiger partial charge in [-0.2, -0.15) is 0 Å². The first-order valence-electron chi connectivity index (χ1n) is 5.68. The van der Waals surface area contributed by atoms with E-state index < -0.39 is 0 Å². The van der Waals surface area contributed by atoms with Crippen LogP contribution in [0.4, 0.5) is 0 Å². The minimum atomic E-state index is 1.06. The molecule has 17 heavy (non-hydrogen) atoms. The third kappa shape index (κ3) is 2.85. The summed E-state index contributed by atoms with van der Waals surface area (Å²) in [5, 5.41) is 0. The molecule has 0 atom stereocenters. The summed E-state index contributed by atoms with van der Waals surface area (Å²) in [5.74, 6) is 0. The van der Waals surface area contributed by atoms with Crippen LogP contribution in [-0.4, -0.2) is 13.4 Å². The molecule has 0 amide bonds. The summed E-state index contributed by atoms with van der Waals surface area (Å²) in [4.78, 5) is 4.09. The smallest absolute Gasteiger partial charge is 0.209 e. The SMILES string of the molecule is C=C(C)/C=C\c1cc(C2=CN=C[B]2)ccc1C. The Labute approximate surface area is 104 Å². The Hall–Kier alpha value is -1.83. The van der Waals surface area contributed by atoms with E-state index in [2.05, 4.69) is 42.8 Å². The maximum absolute atomic E-state index is 4.09. The first-order valence-corrected chi connectivity index (χ1v) is 5.68. The van der Waals surface area contributed by atoms with Crippen molar-refractivity contribution < 1.29 is 0 Å². The molecule has 1 aromatic rings. The number of aryl methyl sites for hydroxylation is 1. The number of hydrogen-bond acceptors (Lipinski definition) is 1. The molecule has 1 aromatic carbocycles. The van der Waals surface area contributed by atoms with Crippen LogP contribution >= 0.6 is 0 Å². The minimum absolute atomic E-state index is 1.06. The zero-order valence-corrected chi connectivity index (χ0v) is 10.3. The highest BCUT2D eigenvalue weighted by Crippen LogP contribution is 2.20. The van der Waals surface area contributed by atoms with Gasteiger partial charge in [0.1, 0.15) is 0 Å². The highest BCUT2D eigenvalue weighted by atomic mass is 14.7. The molecule has 0 aliphatic carbocycles. The molecule has 1 nitrogen and oxygen atoms in total. The van der Waals surface area contributed by atoms with E-state index in [-0.39, 0.29) is 0 Å². The molecule has 1 radical (unpaired) electrons. The van der Waals surface area contributed by atoms with Crippen LogP contribution in [0.5, 0.6) is 0 Å². The molecule has 0 aromatic heterocycles. The van der Waals surface area contributed by atoms with Crippen molar-refractivity contribution in [3.8, 4) is 0 Å².